The summed E-state index contributed by atoms with van der Waals surface area (Å²) in [4.78, 5) is 14.2. The van der Waals surface area contributed by atoms with Crippen LogP contribution in [0.15, 0.2) is 24.3 Å². The summed E-state index contributed by atoms with van der Waals surface area (Å²) in [6.07, 6.45) is 0.896. The van der Waals surface area contributed by atoms with Crippen LogP contribution in [0.1, 0.15) is 20.9 Å². The van der Waals surface area contributed by atoms with Gasteiger partial charge in [-0.1, -0.05) is 0 Å². The highest BCUT2D eigenvalue weighted by molar-refractivity contribution is 7.20. The summed E-state index contributed by atoms with van der Waals surface area (Å²) < 4.78 is 7.30. The number of thiophene rings is 1. The maximum atomic E-state index is 12.4. The van der Waals surface area contributed by atoms with E-state index in [2.05, 4.69) is 10.4 Å². The third kappa shape index (κ3) is 2.07. The number of rotatable bonds is 2. The Labute approximate surface area is 131 Å². The number of nitrogens with one attached hydrogen (secondary N) is 1. The molecule has 0 saturated carbocycles. The second-order valence-corrected chi connectivity index (χ2v) is 6.44. The molecule has 0 fully saturated rings. The molecule has 2 aromatic heterocycles. The zero-order chi connectivity index (χ0) is 15.3. The molecule has 0 saturated heterocycles. The fourth-order valence-corrected chi connectivity index (χ4v) is 3.79. The lowest BCUT2D eigenvalue weighted by Crippen LogP contribution is -2.10. The topological polar surface area (TPSA) is 56.2 Å². The van der Waals surface area contributed by atoms with Crippen molar-refractivity contribution >= 4 is 33.1 Å². The van der Waals surface area contributed by atoms with E-state index in [1.165, 1.54) is 11.3 Å². The van der Waals surface area contributed by atoms with Crippen molar-refractivity contribution in [3.05, 3.63) is 40.4 Å². The average molecular weight is 313 g/mol. The van der Waals surface area contributed by atoms with Gasteiger partial charge in [0.25, 0.3) is 5.91 Å². The number of carbonyl (C=O) groups is 1. The summed E-state index contributed by atoms with van der Waals surface area (Å²) >= 11 is 1.46. The van der Waals surface area contributed by atoms with E-state index in [1.54, 1.807) is 0 Å². The van der Waals surface area contributed by atoms with Gasteiger partial charge >= 0.3 is 0 Å². The Morgan fingerprint density at radius 2 is 2.27 bits per heavy atom. The molecular formula is C16H15N3O2S. The summed E-state index contributed by atoms with van der Waals surface area (Å²) in [6.45, 7) is 2.67. The highest BCUT2D eigenvalue weighted by Crippen LogP contribution is 2.30. The van der Waals surface area contributed by atoms with Gasteiger partial charge in [0.2, 0.25) is 0 Å². The largest absolute Gasteiger partial charge is 0.493 e. The summed E-state index contributed by atoms with van der Waals surface area (Å²) in [6, 6.07) is 7.69. The molecule has 0 atom stereocenters. The Morgan fingerprint density at radius 3 is 3.09 bits per heavy atom. The molecule has 6 heteroatoms. The quantitative estimate of drug-likeness (QED) is 0.791. The predicted molar refractivity (Wildman–Crippen MR) is 86.9 cm³/mol. The Morgan fingerprint density at radius 1 is 1.41 bits per heavy atom. The fourth-order valence-electron chi connectivity index (χ4n) is 2.77. The number of benzene rings is 1. The minimum absolute atomic E-state index is 0.0838. The molecule has 1 amide bonds. The zero-order valence-electron chi connectivity index (χ0n) is 12.3. The van der Waals surface area contributed by atoms with Gasteiger partial charge in [-0.25, -0.2) is 0 Å². The van der Waals surface area contributed by atoms with Crippen molar-refractivity contribution in [2.45, 2.75) is 13.3 Å². The first-order valence-electron chi connectivity index (χ1n) is 7.12. The summed E-state index contributed by atoms with van der Waals surface area (Å²) in [7, 11) is 1.90. The molecular weight excluding hydrogens is 298 g/mol. The minimum Gasteiger partial charge on any atom is -0.493 e. The molecule has 1 aliphatic heterocycles. The maximum Gasteiger partial charge on any atom is 0.265 e. The molecule has 112 valence electrons. The summed E-state index contributed by atoms with van der Waals surface area (Å²) in [5.41, 5.74) is 2.90. The van der Waals surface area contributed by atoms with Crippen molar-refractivity contribution in [3.63, 3.8) is 0 Å². The highest BCUT2D eigenvalue weighted by atomic mass is 32.1. The standard InChI is InChI=1S/C16H15N3O2S/c1-9-12-8-14(22-16(12)19(2)18-9)15(20)17-11-3-4-13-10(7-11)5-6-21-13/h3-4,7-8H,5-6H2,1-2H3,(H,17,20). The van der Waals surface area contributed by atoms with Gasteiger partial charge in [-0.05, 0) is 36.8 Å². The lowest BCUT2D eigenvalue weighted by molar-refractivity contribution is 0.103. The van der Waals surface area contributed by atoms with Crippen molar-refractivity contribution in [1.29, 1.82) is 0 Å². The van der Waals surface area contributed by atoms with Crippen LogP contribution < -0.4 is 10.1 Å². The van der Waals surface area contributed by atoms with Gasteiger partial charge in [0.05, 0.1) is 17.2 Å². The highest BCUT2D eigenvalue weighted by Gasteiger charge is 2.17. The molecule has 1 aliphatic rings. The van der Waals surface area contributed by atoms with Crippen LogP contribution in [0.2, 0.25) is 0 Å². The number of anilines is 1. The van der Waals surface area contributed by atoms with Gasteiger partial charge in [0.15, 0.2) is 0 Å². The number of aryl methyl sites for hydroxylation is 2. The number of carbonyl (C=O) groups excluding carboxylic acids is 1. The lowest BCUT2D eigenvalue weighted by atomic mass is 10.1. The van der Waals surface area contributed by atoms with Gasteiger partial charge in [0.1, 0.15) is 10.6 Å². The molecule has 1 aromatic carbocycles. The van der Waals surface area contributed by atoms with Crippen LogP contribution in [0.25, 0.3) is 10.2 Å². The predicted octanol–water partition coefficient (Wildman–Crippen LogP) is 3.13. The smallest absolute Gasteiger partial charge is 0.265 e. The molecule has 0 spiro atoms. The van der Waals surface area contributed by atoms with Gasteiger partial charge in [-0.15, -0.1) is 11.3 Å². The first kappa shape index (κ1) is 13.3. The normalized spacial score (nSPS) is 13.2. The molecule has 3 heterocycles. The fraction of sp³-hybridized carbons (Fsp3) is 0.250. The first-order chi connectivity index (χ1) is 10.6. The summed E-state index contributed by atoms with van der Waals surface area (Å²) in [5.74, 6) is 0.834. The Balaban J connectivity index is 1.62. The maximum absolute atomic E-state index is 12.4. The third-order valence-corrected chi connectivity index (χ3v) is 5.07. The van der Waals surface area contributed by atoms with Crippen molar-refractivity contribution in [2.75, 3.05) is 11.9 Å². The van der Waals surface area contributed by atoms with Crippen LogP contribution in [0.5, 0.6) is 5.75 Å². The molecule has 5 nitrogen and oxygen atoms in total. The van der Waals surface area contributed by atoms with Crippen molar-refractivity contribution in [3.8, 4) is 5.75 Å². The van der Waals surface area contributed by atoms with E-state index in [9.17, 15) is 4.79 Å². The number of nitrogens with zero attached hydrogens (tertiary/aromatic N) is 2. The van der Waals surface area contributed by atoms with Crippen LogP contribution >= 0.6 is 11.3 Å². The Hall–Kier alpha value is -2.34. The monoisotopic (exact) mass is 313 g/mol. The van der Waals surface area contributed by atoms with E-state index in [-0.39, 0.29) is 5.91 Å². The van der Waals surface area contributed by atoms with Crippen molar-refractivity contribution in [1.82, 2.24) is 9.78 Å². The van der Waals surface area contributed by atoms with Crippen molar-refractivity contribution < 1.29 is 9.53 Å². The first-order valence-corrected chi connectivity index (χ1v) is 7.94. The number of aromatic nitrogens is 2. The number of hydrogen-bond acceptors (Lipinski definition) is 4. The number of ether oxygens (including phenoxy) is 1. The van der Waals surface area contributed by atoms with Gasteiger partial charge in [-0.3, -0.25) is 9.48 Å². The van der Waals surface area contributed by atoms with Crippen LogP contribution in [-0.4, -0.2) is 22.3 Å². The second kappa shape index (κ2) is 4.84. The molecule has 1 N–H and O–H groups in total. The molecule has 0 unspecified atom stereocenters. The van der Waals surface area contributed by atoms with E-state index in [4.69, 9.17) is 4.74 Å². The van der Waals surface area contributed by atoms with E-state index in [0.29, 0.717) is 4.88 Å². The number of fused-ring (bicyclic) bond motifs is 2. The average Bonchev–Trinajstić information content (AvgIpc) is 3.17. The van der Waals surface area contributed by atoms with Gasteiger partial charge in [0, 0.05) is 24.5 Å². The van der Waals surface area contributed by atoms with Crippen LogP contribution in [0.3, 0.4) is 0 Å². The third-order valence-electron chi connectivity index (χ3n) is 3.87. The number of hydrogen-bond donors (Lipinski definition) is 1. The molecule has 0 radical (unpaired) electrons. The van der Waals surface area contributed by atoms with Crippen LogP contribution in [0.4, 0.5) is 5.69 Å². The van der Waals surface area contributed by atoms with Crippen LogP contribution in [-0.2, 0) is 13.5 Å². The summed E-state index contributed by atoms with van der Waals surface area (Å²) in [5, 5.41) is 8.36. The Kier molecular flexibility index (Phi) is 2.94. The molecule has 3 aromatic rings. The zero-order valence-corrected chi connectivity index (χ0v) is 13.2. The Bertz CT molecular complexity index is 860. The lowest BCUT2D eigenvalue weighted by Gasteiger charge is -2.05. The molecule has 0 bridgehead atoms. The van der Waals surface area contributed by atoms with Crippen LogP contribution in [0, 0.1) is 6.92 Å². The van der Waals surface area contributed by atoms with E-state index in [1.807, 2.05) is 42.9 Å². The van der Waals surface area contributed by atoms with Crippen molar-refractivity contribution in [2.24, 2.45) is 7.05 Å². The van der Waals surface area contributed by atoms with E-state index in [0.717, 1.165) is 45.9 Å². The van der Waals surface area contributed by atoms with Gasteiger partial charge in [-0.2, -0.15) is 5.10 Å². The SMILES string of the molecule is Cc1nn(C)c2sc(C(=O)Nc3ccc4c(c3)CCO4)cc12. The molecule has 0 aliphatic carbocycles. The molecule has 22 heavy (non-hydrogen) atoms. The number of amides is 1. The minimum atomic E-state index is -0.0838. The van der Waals surface area contributed by atoms with Gasteiger partial charge < -0.3 is 10.1 Å². The van der Waals surface area contributed by atoms with E-state index < -0.39 is 0 Å². The second-order valence-electron chi connectivity index (χ2n) is 5.41. The van der Waals surface area contributed by atoms with E-state index >= 15 is 0 Å². The molecule has 4 rings (SSSR count).